The molecule has 0 aliphatic rings. The summed E-state index contributed by atoms with van der Waals surface area (Å²) in [5.74, 6) is -1.21. The van der Waals surface area contributed by atoms with Gasteiger partial charge in [0.05, 0.1) is 5.92 Å². The van der Waals surface area contributed by atoms with Crippen LogP contribution < -0.4 is 0 Å². The van der Waals surface area contributed by atoms with Gasteiger partial charge < -0.3 is 9.67 Å². The average molecular weight is 153 g/mol. The van der Waals surface area contributed by atoms with E-state index in [1.165, 1.54) is 0 Å². The van der Waals surface area contributed by atoms with E-state index in [0.717, 1.165) is 5.69 Å². The number of hydrogen-bond donors (Lipinski definition) is 1. The number of carboxylic acids is 1. The molecule has 0 spiro atoms. The fraction of sp³-hybridized carbons (Fsp3) is 0.375. The standard InChI is InChI=1S/C8H11NO2/c1-6(8(10)11)7-4-3-5-9(7)2/h3-6H,1-2H3,(H,10,11). The first-order chi connectivity index (χ1) is 5.13. The highest BCUT2D eigenvalue weighted by atomic mass is 16.4. The first kappa shape index (κ1) is 7.85. The molecule has 0 bridgehead atoms. The topological polar surface area (TPSA) is 42.2 Å². The van der Waals surface area contributed by atoms with E-state index in [9.17, 15) is 4.79 Å². The molecular formula is C8H11NO2. The number of carbonyl (C=O) groups is 1. The van der Waals surface area contributed by atoms with Gasteiger partial charge in [-0.05, 0) is 19.1 Å². The van der Waals surface area contributed by atoms with Crippen LogP contribution in [-0.2, 0) is 11.8 Å². The van der Waals surface area contributed by atoms with Gasteiger partial charge in [-0.2, -0.15) is 0 Å². The second kappa shape index (κ2) is 2.78. The Morgan fingerprint density at radius 1 is 1.73 bits per heavy atom. The number of rotatable bonds is 2. The predicted molar refractivity (Wildman–Crippen MR) is 41.5 cm³/mol. The molecule has 1 heterocycles. The van der Waals surface area contributed by atoms with Gasteiger partial charge in [0.1, 0.15) is 0 Å². The summed E-state index contributed by atoms with van der Waals surface area (Å²) in [6, 6.07) is 3.66. The van der Waals surface area contributed by atoms with Gasteiger partial charge in [-0.15, -0.1) is 0 Å². The third-order valence-corrected chi connectivity index (χ3v) is 1.80. The SMILES string of the molecule is CC(C(=O)O)c1cccn1C. The van der Waals surface area contributed by atoms with Crippen LogP contribution in [0.25, 0.3) is 0 Å². The van der Waals surface area contributed by atoms with Crippen LogP contribution in [0.3, 0.4) is 0 Å². The third-order valence-electron chi connectivity index (χ3n) is 1.80. The molecule has 1 N–H and O–H groups in total. The molecule has 1 atom stereocenters. The minimum absolute atomic E-state index is 0.421. The molecule has 0 saturated heterocycles. The molecule has 0 aliphatic carbocycles. The van der Waals surface area contributed by atoms with Gasteiger partial charge >= 0.3 is 5.97 Å². The maximum atomic E-state index is 10.5. The van der Waals surface area contributed by atoms with Crippen molar-refractivity contribution in [1.29, 1.82) is 0 Å². The zero-order valence-corrected chi connectivity index (χ0v) is 6.61. The summed E-state index contributed by atoms with van der Waals surface area (Å²) in [4.78, 5) is 10.5. The van der Waals surface area contributed by atoms with Crippen molar-refractivity contribution in [2.24, 2.45) is 7.05 Å². The lowest BCUT2D eigenvalue weighted by atomic mass is 10.1. The first-order valence-electron chi connectivity index (χ1n) is 3.47. The van der Waals surface area contributed by atoms with Crippen molar-refractivity contribution in [1.82, 2.24) is 4.57 Å². The Labute approximate surface area is 65.3 Å². The second-order valence-corrected chi connectivity index (χ2v) is 2.60. The third kappa shape index (κ3) is 1.42. The number of hydrogen-bond acceptors (Lipinski definition) is 1. The normalized spacial score (nSPS) is 12.9. The molecule has 0 aromatic carbocycles. The lowest BCUT2D eigenvalue weighted by molar-refractivity contribution is -0.138. The van der Waals surface area contributed by atoms with E-state index in [2.05, 4.69) is 0 Å². The first-order valence-corrected chi connectivity index (χ1v) is 3.47. The fourth-order valence-corrected chi connectivity index (χ4v) is 1.05. The summed E-state index contributed by atoms with van der Waals surface area (Å²) in [5, 5.41) is 8.66. The van der Waals surface area contributed by atoms with Crippen molar-refractivity contribution in [3.05, 3.63) is 24.0 Å². The summed E-state index contributed by atoms with van der Waals surface area (Å²) < 4.78 is 1.82. The number of aryl methyl sites for hydroxylation is 1. The van der Waals surface area contributed by atoms with E-state index in [-0.39, 0.29) is 0 Å². The number of nitrogens with zero attached hydrogens (tertiary/aromatic N) is 1. The molecule has 0 aliphatic heterocycles. The van der Waals surface area contributed by atoms with E-state index in [1.54, 1.807) is 6.92 Å². The Hall–Kier alpha value is -1.25. The van der Waals surface area contributed by atoms with E-state index in [4.69, 9.17) is 5.11 Å². The molecule has 3 heteroatoms. The maximum Gasteiger partial charge on any atom is 0.312 e. The average Bonchev–Trinajstić information content (AvgIpc) is 2.33. The molecule has 3 nitrogen and oxygen atoms in total. The molecule has 60 valence electrons. The van der Waals surface area contributed by atoms with Crippen LogP contribution in [0.4, 0.5) is 0 Å². The van der Waals surface area contributed by atoms with E-state index in [0.29, 0.717) is 0 Å². The summed E-state index contributed by atoms with van der Waals surface area (Å²) in [5.41, 5.74) is 0.831. The Balaban J connectivity index is 2.92. The van der Waals surface area contributed by atoms with Crippen molar-refractivity contribution >= 4 is 5.97 Å². The zero-order chi connectivity index (χ0) is 8.43. The molecule has 0 radical (unpaired) electrons. The van der Waals surface area contributed by atoms with Crippen molar-refractivity contribution in [3.63, 3.8) is 0 Å². The fourth-order valence-electron chi connectivity index (χ4n) is 1.05. The smallest absolute Gasteiger partial charge is 0.312 e. The molecule has 1 rings (SSSR count). The molecule has 0 fully saturated rings. The molecule has 0 amide bonds. The van der Waals surface area contributed by atoms with Crippen molar-refractivity contribution in [3.8, 4) is 0 Å². The summed E-state index contributed by atoms with van der Waals surface area (Å²) in [7, 11) is 1.84. The summed E-state index contributed by atoms with van der Waals surface area (Å²) >= 11 is 0. The highest BCUT2D eigenvalue weighted by molar-refractivity contribution is 5.74. The van der Waals surface area contributed by atoms with E-state index >= 15 is 0 Å². The van der Waals surface area contributed by atoms with Crippen LogP contribution in [-0.4, -0.2) is 15.6 Å². The highest BCUT2D eigenvalue weighted by Gasteiger charge is 2.15. The number of aromatic nitrogens is 1. The Morgan fingerprint density at radius 3 is 2.73 bits per heavy atom. The zero-order valence-electron chi connectivity index (χ0n) is 6.61. The Kier molecular flexibility index (Phi) is 1.98. The van der Waals surface area contributed by atoms with Crippen molar-refractivity contribution in [2.45, 2.75) is 12.8 Å². The molecule has 1 unspecified atom stereocenters. The second-order valence-electron chi connectivity index (χ2n) is 2.60. The molecule has 0 saturated carbocycles. The van der Waals surface area contributed by atoms with Gasteiger partial charge in [0.25, 0.3) is 0 Å². The van der Waals surface area contributed by atoms with E-state index < -0.39 is 11.9 Å². The predicted octanol–water partition coefficient (Wildman–Crippen LogP) is 1.21. The van der Waals surface area contributed by atoms with Crippen LogP contribution in [0.15, 0.2) is 18.3 Å². The lowest BCUT2D eigenvalue weighted by Crippen LogP contribution is -2.10. The van der Waals surface area contributed by atoms with Crippen LogP contribution in [0.1, 0.15) is 18.5 Å². The molecule has 1 aromatic rings. The van der Waals surface area contributed by atoms with Gasteiger partial charge in [-0.3, -0.25) is 4.79 Å². The lowest BCUT2D eigenvalue weighted by Gasteiger charge is -2.06. The van der Waals surface area contributed by atoms with Gasteiger partial charge in [0.2, 0.25) is 0 Å². The van der Waals surface area contributed by atoms with Crippen molar-refractivity contribution < 1.29 is 9.90 Å². The quantitative estimate of drug-likeness (QED) is 0.694. The maximum absolute atomic E-state index is 10.5. The number of carboxylic acid groups (broad SMARTS) is 1. The minimum Gasteiger partial charge on any atom is -0.481 e. The molecule has 1 aromatic heterocycles. The van der Waals surface area contributed by atoms with Crippen LogP contribution >= 0.6 is 0 Å². The summed E-state index contributed by atoms with van der Waals surface area (Å²) in [6.45, 7) is 1.68. The van der Waals surface area contributed by atoms with E-state index in [1.807, 2.05) is 29.9 Å². The van der Waals surface area contributed by atoms with Crippen LogP contribution in [0, 0.1) is 0 Å². The van der Waals surface area contributed by atoms with Gasteiger partial charge in [-0.1, -0.05) is 0 Å². The van der Waals surface area contributed by atoms with Gasteiger partial charge in [-0.25, -0.2) is 0 Å². The highest BCUT2D eigenvalue weighted by Crippen LogP contribution is 2.14. The summed E-state index contributed by atoms with van der Waals surface area (Å²) in [6.07, 6.45) is 1.84. The van der Waals surface area contributed by atoms with Gasteiger partial charge in [0.15, 0.2) is 0 Å². The number of aliphatic carboxylic acids is 1. The largest absolute Gasteiger partial charge is 0.481 e. The van der Waals surface area contributed by atoms with Gasteiger partial charge in [0, 0.05) is 18.9 Å². The molecular weight excluding hydrogens is 142 g/mol. The van der Waals surface area contributed by atoms with Crippen LogP contribution in [0.5, 0.6) is 0 Å². The monoisotopic (exact) mass is 153 g/mol. The van der Waals surface area contributed by atoms with Crippen molar-refractivity contribution in [2.75, 3.05) is 0 Å². The Bertz CT molecular complexity index is 265. The molecule has 11 heavy (non-hydrogen) atoms. The van der Waals surface area contributed by atoms with Crippen LogP contribution in [0.2, 0.25) is 0 Å². The minimum atomic E-state index is -0.785. The Morgan fingerprint density at radius 2 is 2.36 bits per heavy atom.